The average Bonchev–Trinajstić information content (AvgIpc) is 3.07. The highest BCUT2D eigenvalue weighted by Gasteiger charge is 2.17. The van der Waals surface area contributed by atoms with E-state index in [0.29, 0.717) is 11.4 Å². The number of carbonyl (C=O) groups is 1. The number of rotatable bonds is 5. The summed E-state index contributed by atoms with van der Waals surface area (Å²) in [5, 5.41) is 6.68. The van der Waals surface area contributed by atoms with E-state index in [2.05, 4.69) is 26.4 Å². The molecule has 0 saturated carbocycles. The Balaban J connectivity index is 1.64. The maximum absolute atomic E-state index is 12.3. The van der Waals surface area contributed by atoms with Gasteiger partial charge in [-0.3, -0.25) is 10.1 Å². The lowest BCUT2D eigenvalue weighted by Crippen LogP contribution is -2.30. The van der Waals surface area contributed by atoms with Crippen LogP contribution in [-0.4, -0.2) is 17.2 Å². The number of hydrogen-bond acceptors (Lipinski definition) is 4. The first-order valence-electron chi connectivity index (χ1n) is 8.20. The van der Waals surface area contributed by atoms with Gasteiger partial charge in [0, 0.05) is 16.1 Å². The number of carbonyl (C=O) groups excluding carboxylic acids is 1. The summed E-state index contributed by atoms with van der Waals surface area (Å²) in [4.78, 5) is 12.3. The number of nitrogens with zero attached hydrogens (tertiary/aromatic N) is 1. The van der Waals surface area contributed by atoms with Crippen molar-refractivity contribution >= 4 is 27.7 Å². The lowest BCUT2D eigenvalue weighted by atomic mass is 10.1. The molecule has 6 heteroatoms. The molecule has 0 fully saturated rings. The molecule has 0 unspecified atom stereocenters. The van der Waals surface area contributed by atoms with E-state index in [0.717, 1.165) is 15.6 Å². The Kier molecular flexibility index (Phi) is 5.42. The Morgan fingerprint density at radius 2 is 1.85 bits per heavy atom. The summed E-state index contributed by atoms with van der Waals surface area (Å²) in [6, 6.07) is 15.1. The fourth-order valence-corrected chi connectivity index (χ4v) is 2.62. The SMILES string of the molecule is Cc1ccc(O[C@H](C)C(=O)Nc2cc(-c3ccc(Br)cc3)no2)cc1C. The van der Waals surface area contributed by atoms with Gasteiger partial charge in [0.1, 0.15) is 11.4 Å². The molecule has 1 aromatic heterocycles. The third-order valence-corrected chi connectivity index (χ3v) is 4.59. The summed E-state index contributed by atoms with van der Waals surface area (Å²) in [5.74, 6) is 0.633. The molecule has 2 aromatic carbocycles. The van der Waals surface area contributed by atoms with Crippen LogP contribution in [0.5, 0.6) is 5.75 Å². The van der Waals surface area contributed by atoms with Crippen LogP contribution in [0.4, 0.5) is 5.88 Å². The summed E-state index contributed by atoms with van der Waals surface area (Å²) >= 11 is 3.39. The van der Waals surface area contributed by atoms with Crippen LogP contribution < -0.4 is 10.1 Å². The van der Waals surface area contributed by atoms with Crippen LogP contribution in [0.2, 0.25) is 0 Å². The molecule has 1 atom stereocenters. The highest BCUT2D eigenvalue weighted by atomic mass is 79.9. The number of anilines is 1. The zero-order valence-corrected chi connectivity index (χ0v) is 16.3. The van der Waals surface area contributed by atoms with Gasteiger partial charge < -0.3 is 9.26 Å². The van der Waals surface area contributed by atoms with Gasteiger partial charge in [-0.2, -0.15) is 0 Å². The van der Waals surface area contributed by atoms with E-state index in [9.17, 15) is 4.79 Å². The molecule has 0 bridgehead atoms. The number of nitrogens with one attached hydrogen (secondary N) is 1. The lowest BCUT2D eigenvalue weighted by Gasteiger charge is -2.14. The average molecular weight is 415 g/mol. The Hall–Kier alpha value is -2.60. The molecule has 0 saturated heterocycles. The van der Waals surface area contributed by atoms with Crippen LogP contribution >= 0.6 is 15.9 Å². The van der Waals surface area contributed by atoms with Gasteiger partial charge in [0.05, 0.1) is 0 Å². The van der Waals surface area contributed by atoms with Gasteiger partial charge in [-0.25, -0.2) is 0 Å². The first kappa shape index (κ1) is 18.2. The molecule has 26 heavy (non-hydrogen) atoms. The van der Waals surface area contributed by atoms with Crippen molar-refractivity contribution in [2.24, 2.45) is 0 Å². The first-order chi connectivity index (χ1) is 12.4. The zero-order valence-electron chi connectivity index (χ0n) is 14.7. The lowest BCUT2D eigenvalue weighted by molar-refractivity contribution is -0.122. The van der Waals surface area contributed by atoms with Crippen molar-refractivity contribution in [1.29, 1.82) is 0 Å². The van der Waals surface area contributed by atoms with Crippen molar-refractivity contribution in [2.45, 2.75) is 26.9 Å². The second-order valence-electron chi connectivity index (χ2n) is 6.08. The summed E-state index contributed by atoms with van der Waals surface area (Å²) in [6.07, 6.45) is -0.668. The maximum atomic E-state index is 12.3. The third-order valence-electron chi connectivity index (χ3n) is 4.06. The second-order valence-corrected chi connectivity index (χ2v) is 6.99. The van der Waals surface area contributed by atoms with E-state index in [1.807, 2.05) is 56.3 Å². The molecule has 0 aliphatic rings. The molecule has 5 nitrogen and oxygen atoms in total. The molecule has 1 heterocycles. The molecular weight excluding hydrogens is 396 g/mol. The van der Waals surface area contributed by atoms with Crippen molar-refractivity contribution in [3.05, 3.63) is 64.1 Å². The van der Waals surface area contributed by atoms with Gasteiger partial charge in [0.25, 0.3) is 5.91 Å². The molecule has 3 aromatic rings. The first-order valence-corrected chi connectivity index (χ1v) is 8.99. The Morgan fingerprint density at radius 3 is 2.54 bits per heavy atom. The maximum Gasteiger partial charge on any atom is 0.267 e. The largest absolute Gasteiger partial charge is 0.481 e. The zero-order chi connectivity index (χ0) is 18.7. The molecule has 0 radical (unpaired) electrons. The molecular formula is C20H19BrN2O3. The minimum Gasteiger partial charge on any atom is -0.481 e. The Bertz CT molecular complexity index is 919. The summed E-state index contributed by atoms with van der Waals surface area (Å²) < 4.78 is 11.9. The highest BCUT2D eigenvalue weighted by molar-refractivity contribution is 9.10. The van der Waals surface area contributed by atoms with E-state index in [1.54, 1.807) is 13.0 Å². The second kappa shape index (κ2) is 7.74. The van der Waals surface area contributed by atoms with Crippen LogP contribution in [0.1, 0.15) is 18.1 Å². The molecule has 134 valence electrons. The molecule has 1 amide bonds. The van der Waals surface area contributed by atoms with E-state index < -0.39 is 6.10 Å². The highest BCUT2D eigenvalue weighted by Crippen LogP contribution is 2.24. The number of ether oxygens (including phenoxy) is 1. The predicted molar refractivity (Wildman–Crippen MR) is 104 cm³/mol. The number of aromatic nitrogens is 1. The molecule has 1 N–H and O–H groups in total. The quantitative estimate of drug-likeness (QED) is 0.628. The standard InChI is InChI=1S/C20H19BrN2O3/c1-12-4-9-17(10-13(12)2)25-14(3)20(24)22-19-11-18(23-26-19)15-5-7-16(21)8-6-15/h4-11,14H,1-3H3,(H,22,24)/t14-/m1/s1. The summed E-state index contributed by atoms with van der Waals surface area (Å²) in [7, 11) is 0. The van der Waals surface area contributed by atoms with E-state index in [-0.39, 0.29) is 11.8 Å². The van der Waals surface area contributed by atoms with Gasteiger partial charge in [-0.05, 0) is 56.2 Å². The van der Waals surface area contributed by atoms with Gasteiger partial charge in [0.15, 0.2) is 6.10 Å². The smallest absolute Gasteiger partial charge is 0.267 e. The summed E-state index contributed by atoms with van der Waals surface area (Å²) in [6.45, 7) is 5.73. The fraction of sp³-hybridized carbons (Fsp3) is 0.200. The molecule has 0 aliphatic carbocycles. The van der Waals surface area contributed by atoms with Gasteiger partial charge >= 0.3 is 0 Å². The number of aryl methyl sites for hydroxylation is 2. The van der Waals surface area contributed by atoms with Crippen LogP contribution in [0, 0.1) is 13.8 Å². The van der Waals surface area contributed by atoms with Crippen molar-refractivity contribution in [2.75, 3.05) is 5.32 Å². The normalized spacial score (nSPS) is 11.8. The summed E-state index contributed by atoms with van der Waals surface area (Å²) in [5.41, 5.74) is 3.84. The van der Waals surface area contributed by atoms with Crippen molar-refractivity contribution in [3.8, 4) is 17.0 Å². The van der Waals surface area contributed by atoms with Crippen molar-refractivity contribution in [1.82, 2.24) is 5.16 Å². The van der Waals surface area contributed by atoms with E-state index >= 15 is 0 Å². The molecule has 0 spiro atoms. The number of halogens is 1. The molecule has 0 aliphatic heterocycles. The van der Waals surface area contributed by atoms with Crippen molar-refractivity contribution in [3.63, 3.8) is 0 Å². The van der Waals surface area contributed by atoms with E-state index in [4.69, 9.17) is 9.26 Å². The van der Waals surface area contributed by atoms with Gasteiger partial charge in [0.2, 0.25) is 5.88 Å². The third kappa shape index (κ3) is 4.32. The van der Waals surface area contributed by atoms with Crippen LogP contribution in [0.25, 0.3) is 11.3 Å². The van der Waals surface area contributed by atoms with Gasteiger partial charge in [-0.1, -0.05) is 39.3 Å². The minimum absolute atomic E-state index is 0.281. The number of amides is 1. The fourth-order valence-electron chi connectivity index (χ4n) is 2.36. The van der Waals surface area contributed by atoms with E-state index in [1.165, 1.54) is 5.56 Å². The monoisotopic (exact) mass is 414 g/mol. The molecule has 3 rings (SSSR count). The van der Waals surface area contributed by atoms with Crippen LogP contribution in [0.15, 0.2) is 57.5 Å². The predicted octanol–water partition coefficient (Wildman–Crippen LogP) is 5.13. The number of hydrogen-bond donors (Lipinski definition) is 1. The topological polar surface area (TPSA) is 64.4 Å². The van der Waals surface area contributed by atoms with Crippen LogP contribution in [0.3, 0.4) is 0 Å². The Morgan fingerprint density at radius 1 is 1.12 bits per heavy atom. The van der Waals surface area contributed by atoms with Crippen LogP contribution in [-0.2, 0) is 4.79 Å². The van der Waals surface area contributed by atoms with Crippen molar-refractivity contribution < 1.29 is 14.1 Å². The minimum atomic E-state index is -0.668. The van der Waals surface area contributed by atoms with Gasteiger partial charge in [-0.15, -0.1) is 0 Å². The Labute approximate surface area is 160 Å². The number of benzene rings is 2.